The van der Waals surface area contributed by atoms with Crippen molar-refractivity contribution in [3.8, 4) is 5.75 Å². The van der Waals surface area contributed by atoms with E-state index in [0.717, 1.165) is 25.9 Å². The summed E-state index contributed by atoms with van der Waals surface area (Å²) in [7, 11) is 0. The quantitative estimate of drug-likeness (QED) is 0.878. The molecule has 1 aliphatic rings. The van der Waals surface area contributed by atoms with Gasteiger partial charge in [0.15, 0.2) is 5.60 Å². The minimum atomic E-state index is -0.916. The van der Waals surface area contributed by atoms with Crippen molar-refractivity contribution in [1.82, 2.24) is 5.32 Å². The predicted molar refractivity (Wildman–Crippen MR) is 87.1 cm³/mol. The van der Waals surface area contributed by atoms with Gasteiger partial charge in [0.2, 0.25) is 0 Å². The molecule has 0 bridgehead atoms. The molecule has 0 aromatic heterocycles. The number of rotatable bonds is 6. The molecule has 1 fully saturated rings. The van der Waals surface area contributed by atoms with E-state index >= 15 is 0 Å². The van der Waals surface area contributed by atoms with Crippen LogP contribution in [0.1, 0.15) is 46.1 Å². The van der Waals surface area contributed by atoms with Crippen LogP contribution in [0.2, 0.25) is 0 Å². The van der Waals surface area contributed by atoms with Crippen molar-refractivity contribution in [2.45, 2.75) is 64.7 Å². The normalized spacial score (nSPS) is 19.7. The maximum Gasteiger partial charge on any atom is 0.263 e. The van der Waals surface area contributed by atoms with Gasteiger partial charge in [-0.1, -0.05) is 19.1 Å². The lowest BCUT2D eigenvalue weighted by molar-refractivity contribution is -0.135. The van der Waals surface area contributed by atoms with Gasteiger partial charge in [-0.15, -0.1) is 0 Å². The molecule has 2 atom stereocenters. The minimum Gasteiger partial charge on any atom is -0.478 e. The predicted octanol–water partition coefficient (Wildman–Crippen LogP) is 3.09. The molecule has 0 saturated carbocycles. The minimum absolute atomic E-state index is 0.000317. The number of benzene rings is 1. The Kier molecular flexibility index (Phi) is 5.46. The van der Waals surface area contributed by atoms with Crippen molar-refractivity contribution in [3.63, 3.8) is 0 Å². The van der Waals surface area contributed by atoms with Crippen LogP contribution in [0.15, 0.2) is 24.3 Å². The van der Waals surface area contributed by atoms with Gasteiger partial charge in [0.1, 0.15) is 5.75 Å². The van der Waals surface area contributed by atoms with Crippen molar-refractivity contribution in [2.24, 2.45) is 0 Å². The zero-order valence-electron chi connectivity index (χ0n) is 14.0. The molecular formula is C18H27NO3. The number of hydrogen-bond acceptors (Lipinski definition) is 3. The maximum absolute atomic E-state index is 12.5. The van der Waals surface area contributed by atoms with Crippen LogP contribution in [0.25, 0.3) is 0 Å². The zero-order valence-corrected chi connectivity index (χ0v) is 14.0. The lowest BCUT2D eigenvalue weighted by Gasteiger charge is -2.29. The SMILES string of the molecule is CCc1ccc(OC(C)(C)C(=O)N[C@H](C)[C@@H]2CCCO2)cc1. The summed E-state index contributed by atoms with van der Waals surface area (Å²) in [5.74, 6) is 0.595. The van der Waals surface area contributed by atoms with E-state index in [4.69, 9.17) is 9.47 Å². The molecule has 0 unspecified atom stereocenters. The molecule has 1 aromatic rings. The van der Waals surface area contributed by atoms with E-state index in [0.29, 0.717) is 5.75 Å². The van der Waals surface area contributed by atoms with Crippen molar-refractivity contribution in [1.29, 1.82) is 0 Å². The van der Waals surface area contributed by atoms with Crippen LogP contribution >= 0.6 is 0 Å². The highest BCUT2D eigenvalue weighted by molar-refractivity contribution is 5.85. The van der Waals surface area contributed by atoms with Crippen molar-refractivity contribution < 1.29 is 14.3 Å². The fraction of sp³-hybridized carbons (Fsp3) is 0.611. The molecule has 0 aliphatic carbocycles. The lowest BCUT2D eigenvalue weighted by atomic mass is 10.1. The Morgan fingerprint density at radius 2 is 2.09 bits per heavy atom. The van der Waals surface area contributed by atoms with Crippen LogP contribution in [0.5, 0.6) is 5.75 Å². The van der Waals surface area contributed by atoms with Gasteiger partial charge in [0, 0.05) is 6.61 Å². The van der Waals surface area contributed by atoms with Crippen LogP contribution in [0.4, 0.5) is 0 Å². The molecule has 4 nitrogen and oxygen atoms in total. The number of carbonyl (C=O) groups is 1. The molecule has 1 heterocycles. The topological polar surface area (TPSA) is 47.6 Å². The van der Waals surface area contributed by atoms with Gasteiger partial charge in [-0.3, -0.25) is 4.79 Å². The Hall–Kier alpha value is -1.55. The first-order chi connectivity index (χ1) is 10.4. The average molecular weight is 305 g/mol. The highest BCUT2D eigenvalue weighted by Gasteiger charge is 2.33. The summed E-state index contributed by atoms with van der Waals surface area (Å²) < 4.78 is 11.5. The van der Waals surface area contributed by atoms with E-state index in [9.17, 15) is 4.79 Å². The summed E-state index contributed by atoms with van der Waals surface area (Å²) in [6.07, 6.45) is 3.17. The van der Waals surface area contributed by atoms with Crippen molar-refractivity contribution in [3.05, 3.63) is 29.8 Å². The first-order valence-electron chi connectivity index (χ1n) is 8.13. The van der Waals surface area contributed by atoms with E-state index < -0.39 is 5.60 Å². The Morgan fingerprint density at radius 3 is 2.64 bits per heavy atom. The van der Waals surface area contributed by atoms with Gasteiger partial charge < -0.3 is 14.8 Å². The standard InChI is InChI=1S/C18H27NO3/c1-5-14-8-10-15(11-9-14)22-18(3,4)17(20)19-13(2)16-7-6-12-21-16/h8-11,13,16H,5-7,12H2,1-4H3,(H,19,20)/t13-,16+/m1/s1. The molecule has 0 spiro atoms. The summed E-state index contributed by atoms with van der Waals surface area (Å²) in [6.45, 7) is 8.46. The van der Waals surface area contributed by atoms with Crippen molar-refractivity contribution in [2.75, 3.05) is 6.61 Å². The highest BCUT2D eigenvalue weighted by Crippen LogP contribution is 2.21. The van der Waals surface area contributed by atoms with E-state index in [2.05, 4.69) is 12.2 Å². The first-order valence-corrected chi connectivity index (χ1v) is 8.13. The molecule has 4 heteroatoms. The molecule has 0 radical (unpaired) electrons. The highest BCUT2D eigenvalue weighted by atomic mass is 16.5. The number of ether oxygens (including phenoxy) is 2. The molecule has 2 rings (SSSR count). The molecular weight excluding hydrogens is 278 g/mol. The number of hydrogen-bond donors (Lipinski definition) is 1. The Balaban J connectivity index is 1.93. The van der Waals surface area contributed by atoms with Crippen LogP contribution in [0.3, 0.4) is 0 Å². The molecule has 1 aliphatic heterocycles. The van der Waals surface area contributed by atoms with E-state index in [1.165, 1.54) is 5.56 Å². The fourth-order valence-electron chi connectivity index (χ4n) is 2.60. The number of aryl methyl sites for hydroxylation is 1. The summed E-state index contributed by atoms with van der Waals surface area (Å²) in [5, 5.41) is 3.02. The van der Waals surface area contributed by atoms with Gasteiger partial charge in [-0.2, -0.15) is 0 Å². The third kappa shape index (κ3) is 4.23. The second-order valence-corrected chi connectivity index (χ2v) is 6.42. The molecule has 122 valence electrons. The van der Waals surface area contributed by atoms with Crippen molar-refractivity contribution >= 4 is 5.91 Å². The summed E-state index contributed by atoms with van der Waals surface area (Å²) in [5.41, 5.74) is 0.335. The van der Waals surface area contributed by atoms with Gasteiger partial charge in [-0.25, -0.2) is 0 Å². The summed E-state index contributed by atoms with van der Waals surface area (Å²) >= 11 is 0. The van der Waals surface area contributed by atoms with Gasteiger partial charge in [0.25, 0.3) is 5.91 Å². The molecule has 1 amide bonds. The third-order valence-electron chi connectivity index (χ3n) is 4.13. The fourth-order valence-corrected chi connectivity index (χ4v) is 2.60. The second-order valence-electron chi connectivity index (χ2n) is 6.42. The second kappa shape index (κ2) is 7.14. The third-order valence-corrected chi connectivity index (χ3v) is 4.13. The molecule has 1 N–H and O–H groups in total. The van der Waals surface area contributed by atoms with Gasteiger partial charge in [-0.05, 0) is 57.7 Å². The monoisotopic (exact) mass is 305 g/mol. The van der Waals surface area contributed by atoms with Gasteiger partial charge >= 0.3 is 0 Å². The maximum atomic E-state index is 12.5. The Labute approximate surface area is 133 Å². The smallest absolute Gasteiger partial charge is 0.263 e. The Morgan fingerprint density at radius 1 is 1.41 bits per heavy atom. The number of nitrogens with one attached hydrogen (secondary N) is 1. The molecule has 1 aromatic carbocycles. The Bertz CT molecular complexity index is 490. The van der Waals surface area contributed by atoms with Crippen LogP contribution in [0, 0.1) is 0 Å². The number of amides is 1. The van der Waals surface area contributed by atoms with E-state index in [1.54, 1.807) is 13.8 Å². The van der Waals surface area contributed by atoms with Crippen LogP contribution < -0.4 is 10.1 Å². The largest absolute Gasteiger partial charge is 0.478 e. The average Bonchev–Trinajstić information content (AvgIpc) is 3.02. The summed E-state index contributed by atoms with van der Waals surface area (Å²) in [6, 6.07) is 7.88. The number of carbonyl (C=O) groups excluding carboxylic acids is 1. The van der Waals surface area contributed by atoms with Gasteiger partial charge in [0.05, 0.1) is 12.1 Å². The lowest BCUT2D eigenvalue weighted by Crippen LogP contribution is -2.52. The zero-order chi connectivity index (χ0) is 16.2. The first kappa shape index (κ1) is 16.8. The van der Waals surface area contributed by atoms with Crippen LogP contribution in [-0.2, 0) is 16.0 Å². The molecule has 1 saturated heterocycles. The summed E-state index contributed by atoms with van der Waals surface area (Å²) in [4.78, 5) is 12.5. The van der Waals surface area contributed by atoms with E-state index in [1.807, 2.05) is 31.2 Å². The van der Waals surface area contributed by atoms with Crippen LogP contribution in [-0.4, -0.2) is 30.3 Å². The molecule has 22 heavy (non-hydrogen) atoms. The van der Waals surface area contributed by atoms with E-state index in [-0.39, 0.29) is 18.1 Å².